The lowest BCUT2D eigenvalue weighted by Gasteiger charge is -2.07. The zero-order valence-corrected chi connectivity index (χ0v) is 14.3. The molecule has 0 atom stereocenters. The molecule has 0 spiro atoms. The molecule has 6 nitrogen and oxygen atoms in total. The molecule has 0 aliphatic heterocycles. The first-order valence-electron chi connectivity index (χ1n) is 8.02. The van der Waals surface area contributed by atoms with Gasteiger partial charge in [0.25, 0.3) is 5.91 Å². The molecular formula is C19H17FN2O4. The highest BCUT2D eigenvalue weighted by Gasteiger charge is 2.20. The number of hydrogen-bond donors (Lipinski definition) is 2. The molecular weight excluding hydrogens is 339 g/mol. The van der Waals surface area contributed by atoms with Gasteiger partial charge in [-0.2, -0.15) is 0 Å². The summed E-state index contributed by atoms with van der Waals surface area (Å²) in [7, 11) is 0. The normalized spacial score (nSPS) is 10.6. The SMILES string of the molecule is CCOc1ccc(C(=O)NNC(=O)c2oc3c(F)cccc3c2C)cc1. The van der Waals surface area contributed by atoms with Crippen molar-refractivity contribution in [1.82, 2.24) is 10.9 Å². The molecule has 0 aliphatic carbocycles. The number of para-hydroxylation sites is 1. The van der Waals surface area contributed by atoms with Crippen molar-refractivity contribution < 1.29 is 23.1 Å². The van der Waals surface area contributed by atoms with Gasteiger partial charge < -0.3 is 9.15 Å². The first-order chi connectivity index (χ1) is 12.5. The number of fused-ring (bicyclic) bond motifs is 1. The second-order valence-electron chi connectivity index (χ2n) is 5.54. The number of carbonyl (C=O) groups excluding carboxylic acids is 2. The van der Waals surface area contributed by atoms with E-state index in [1.54, 1.807) is 37.3 Å². The lowest BCUT2D eigenvalue weighted by Crippen LogP contribution is -2.41. The number of nitrogens with one attached hydrogen (secondary N) is 2. The van der Waals surface area contributed by atoms with E-state index in [9.17, 15) is 14.0 Å². The van der Waals surface area contributed by atoms with Crippen molar-refractivity contribution in [2.75, 3.05) is 6.61 Å². The molecule has 0 bridgehead atoms. The molecule has 2 aromatic carbocycles. The summed E-state index contributed by atoms with van der Waals surface area (Å²) in [6.07, 6.45) is 0. The lowest BCUT2D eigenvalue weighted by molar-refractivity contribution is 0.0831. The van der Waals surface area contributed by atoms with Crippen molar-refractivity contribution in [1.29, 1.82) is 0 Å². The van der Waals surface area contributed by atoms with Crippen molar-refractivity contribution in [3.8, 4) is 5.75 Å². The van der Waals surface area contributed by atoms with Gasteiger partial charge in [-0.05, 0) is 44.2 Å². The molecule has 7 heteroatoms. The molecule has 0 saturated carbocycles. The summed E-state index contributed by atoms with van der Waals surface area (Å²) in [5, 5.41) is 0.507. The van der Waals surface area contributed by atoms with Gasteiger partial charge in [0.15, 0.2) is 17.2 Å². The van der Waals surface area contributed by atoms with Crippen molar-refractivity contribution >= 4 is 22.8 Å². The Morgan fingerprint density at radius 3 is 2.42 bits per heavy atom. The number of rotatable bonds is 4. The maximum absolute atomic E-state index is 13.8. The standard InChI is InChI=1S/C19H17FN2O4/c1-3-25-13-9-7-12(8-10-13)18(23)21-22-19(24)16-11(2)14-5-4-6-15(20)17(14)26-16/h4-10H,3H2,1-2H3,(H,21,23)(H,22,24). The number of carbonyl (C=O) groups is 2. The minimum Gasteiger partial charge on any atom is -0.494 e. The molecule has 2 amide bonds. The fourth-order valence-corrected chi connectivity index (χ4v) is 2.54. The van der Waals surface area contributed by atoms with E-state index in [0.717, 1.165) is 0 Å². The molecule has 134 valence electrons. The number of halogens is 1. The Labute approximate surface area is 148 Å². The minimum absolute atomic E-state index is 0.00740. The van der Waals surface area contributed by atoms with Crippen LogP contribution in [0.3, 0.4) is 0 Å². The quantitative estimate of drug-likeness (QED) is 0.703. The number of benzene rings is 2. The molecule has 0 aliphatic rings. The van der Waals surface area contributed by atoms with E-state index in [2.05, 4.69) is 10.9 Å². The average Bonchev–Trinajstić information content (AvgIpc) is 2.99. The fourth-order valence-electron chi connectivity index (χ4n) is 2.54. The van der Waals surface area contributed by atoms with E-state index in [-0.39, 0.29) is 11.3 Å². The first kappa shape index (κ1) is 17.5. The number of furan rings is 1. The van der Waals surface area contributed by atoms with E-state index < -0.39 is 17.6 Å². The van der Waals surface area contributed by atoms with Crippen LogP contribution in [0.1, 0.15) is 33.4 Å². The van der Waals surface area contributed by atoms with Gasteiger partial charge in [0.2, 0.25) is 0 Å². The van der Waals surface area contributed by atoms with Gasteiger partial charge in [0, 0.05) is 16.5 Å². The zero-order chi connectivity index (χ0) is 18.7. The van der Waals surface area contributed by atoms with E-state index in [1.165, 1.54) is 12.1 Å². The predicted molar refractivity (Wildman–Crippen MR) is 93.5 cm³/mol. The molecule has 1 heterocycles. The third-order valence-electron chi connectivity index (χ3n) is 3.84. The Morgan fingerprint density at radius 2 is 1.77 bits per heavy atom. The molecule has 3 rings (SSSR count). The predicted octanol–water partition coefficient (Wildman–Crippen LogP) is 3.35. The molecule has 0 fully saturated rings. The minimum atomic E-state index is -0.669. The summed E-state index contributed by atoms with van der Waals surface area (Å²) in [6.45, 7) is 4.04. The summed E-state index contributed by atoms with van der Waals surface area (Å²) >= 11 is 0. The maximum Gasteiger partial charge on any atom is 0.305 e. The Hall–Kier alpha value is -3.35. The first-order valence-corrected chi connectivity index (χ1v) is 8.02. The van der Waals surface area contributed by atoms with Crippen LogP contribution in [0.5, 0.6) is 5.75 Å². The van der Waals surface area contributed by atoms with Crippen LogP contribution in [-0.2, 0) is 0 Å². The number of amides is 2. The summed E-state index contributed by atoms with van der Waals surface area (Å²) in [5.41, 5.74) is 5.42. The molecule has 1 aromatic heterocycles. The number of ether oxygens (including phenoxy) is 1. The van der Waals surface area contributed by atoms with Crippen molar-refractivity contribution in [3.05, 3.63) is 65.2 Å². The van der Waals surface area contributed by atoms with Crippen LogP contribution in [0.4, 0.5) is 4.39 Å². The van der Waals surface area contributed by atoms with Crippen LogP contribution in [0.15, 0.2) is 46.9 Å². The van der Waals surface area contributed by atoms with Crippen LogP contribution in [0.2, 0.25) is 0 Å². The number of hydrazine groups is 1. The van der Waals surface area contributed by atoms with E-state index in [1.807, 2.05) is 6.92 Å². The number of aryl methyl sites for hydroxylation is 1. The third-order valence-corrected chi connectivity index (χ3v) is 3.84. The molecule has 0 unspecified atom stereocenters. The second-order valence-corrected chi connectivity index (χ2v) is 5.54. The monoisotopic (exact) mass is 356 g/mol. The fraction of sp³-hybridized carbons (Fsp3) is 0.158. The smallest absolute Gasteiger partial charge is 0.305 e. The third kappa shape index (κ3) is 3.37. The van der Waals surface area contributed by atoms with Gasteiger partial charge >= 0.3 is 5.91 Å². The Balaban J connectivity index is 1.69. The highest BCUT2D eigenvalue weighted by Crippen LogP contribution is 2.27. The van der Waals surface area contributed by atoms with Crippen molar-refractivity contribution in [3.63, 3.8) is 0 Å². The van der Waals surface area contributed by atoms with Gasteiger partial charge in [-0.15, -0.1) is 0 Å². The highest BCUT2D eigenvalue weighted by atomic mass is 19.1. The van der Waals surface area contributed by atoms with E-state index in [0.29, 0.717) is 28.9 Å². The van der Waals surface area contributed by atoms with Crippen molar-refractivity contribution in [2.45, 2.75) is 13.8 Å². The van der Waals surface area contributed by atoms with Gasteiger partial charge in [-0.25, -0.2) is 4.39 Å². The topological polar surface area (TPSA) is 80.6 Å². The molecule has 0 radical (unpaired) electrons. The van der Waals surface area contributed by atoms with Gasteiger partial charge in [0.05, 0.1) is 6.61 Å². The second kappa shape index (κ2) is 7.26. The highest BCUT2D eigenvalue weighted by molar-refractivity contribution is 6.01. The summed E-state index contributed by atoms with van der Waals surface area (Å²) in [5.74, 6) is -1.13. The molecule has 26 heavy (non-hydrogen) atoms. The van der Waals surface area contributed by atoms with Crippen LogP contribution >= 0.6 is 0 Å². The zero-order valence-electron chi connectivity index (χ0n) is 14.3. The largest absolute Gasteiger partial charge is 0.494 e. The van der Waals surface area contributed by atoms with Gasteiger partial charge in [-0.3, -0.25) is 20.4 Å². The summed E-state index contributed by atoms with van der Waals surface area (Å²) in [6, 6.07) is 10.9. The molecule has 0 saturated heterocycles. The lowest BCUT2D eigenvalue weighted by atomic mass is 10.1. The van der Waals surface area contributed by atoms with Crippen LogP contribution in [-0.4, -0.2) is 18.4 Å². The van der Waals surface area contributed by atoms with Crippen LogP contribution < -0.4 is 15.6 Å². The average molecular weight is 356 g/mol. The van der Waals surface area contributed by atoms with Gasteiger partial charge in [-0.1, -0.05) is 12.1 Å². The maximum atomic E-state index is 13.8. The number of hydrogen-bond acceptors (Lipinski definition) is 4. The Bertz CT molecular complexity index is 964. The van der Waals surface area contributed by atoms with Crippen LogP contribution in [0, 0.1) is 12.7 Å². The van der Waals surface area contributed by atoms with Crippen LogP contribution in [0.25, 0.3) is 11.0 Å². The summed E-state index contributed by atoms with van der Waals surface area (Å²) < 4.78 is 24.4. The van der Waals surface area contributed by atoms with Crippen molar-refractivity contribution in [2.24, 2.45) is 0 Å². The van der Waals surface area contributed by atoms with E-state index in [4.69, 9.17) is 9.15 Å². The Kier molecular flexibility index (Phi) is 4.88. The molecule has 2 N–H and O–H groups in total. The van der Waals surface area contributed by atoms with Gasteiger partial charge in [0.1, 0.15) is 5.75 Å². The Morgan fingerprint density at radius 1 is 1.08 bits per heavy atom. The van der Waals surface area contributed by atoms with E-state index >= 15 is 0 Å². The summed E-state index contributed by atoms with van der Waals surface area (Å²) in [4.78, 5) is 24.4. The molecule has 3 aromatic rings.